The van der Waals surface area contributed by atoms with Crippen LogP contribution in [0, 0.1) is 6.43 Å². The van der Waals surface area contributed by atoms with E-state index >= 15 is 0 Å². The van der Waals surface area contributed by atoms with Crippen molar-refractivity contribution in [1.82, 2.24) is 0 Å². The van der Waals surface area contributed by atoms with Crippen molar-refractivity contribution in [3.8, 4) is 0 Å². The van der Waals surface area contributed by atoms with Gasteiger partial charge in [0, 0.05) is 0 Å². The van der Waals surface area contributed by atoms with Crippen molar-refractivity contribution in [2.45, 2.75) is 18.0 Å². The van der Waals surface area contributed by atoms with Crippen molar-refractivity contribution in [3.05, 3.63) is 6.43 Å². The Kier molecular flexibility index (Phi) is 3.46. The summed E-state index contributed by atoms with van der Waals surface area (Å²) in [4.78, 5) is 0. The standard InChI is InChI=1S/C4F9.Sg/c5-1(6)2(7,8)3(9,10)4(11,12)13;/q-1;. The van der Waals surface area contributed by atoms with Crippen LogP contribution in [-0.4, -0.2) is 18.0 Å². The predicted octanol–water partition coefficient (Wildman–Crippen LogP) is 3.25. The summed E-state index contributed by atoms with van der Waals surface area (Å²) in [6, 6.07) is 0. The molecule has 0 fully saturated rings. The second-order valence-corrected chi connectivity index (χ2v) is 1.91. The minimum Gasteiger partial charge on any atom is -0.415 e. The van der Waals surface area contributed by atoms with Crippen LogP contribution in [0.15, 0.2) is 0 Å². The molecule has 0 rings (SSSR count). The maximum atomic E-state index is 11.6. The van der Waals surface area contributed by atoms with Crippen LogP contribution >= 0.6 is 0 Å². The fourth-order valence-electron chi connectivity index (χ4n) is 0.297. The van der Waals surface area contributed by atoms with Gasteiger partial charge in [-0.15, -0.1) is 0 Å². The van der Waals surface area contributed by atoms with E-state index in [9.17, 15) is 39.5 Å². The number of alkyl halides is 7. The van der Waals surface area contributed by atoms with Crippen LogP contribution in [0.2, 0.25) is 0 Å². The molecule has 0 aliphatic heterocycles. The van der Waals surface area contributed by atoms with Gasteiger partial charge in [-0.1, -0.05) is 0 Å². The first-order chi connectivity index (χ1) is 5.44. The third-order valence-electron chi connectivity index (χ3n) is 0.988. The fraction of sp³-hybridized carbons (Fsp3) is 0.750. The molecule has 0 aromatic heterocycles. The van der Waals surface area contributed by atoms with Crippen LogP contribution in [0.25, 0.3) is 0 Å². The average Bonchev–Trinajstić information content (AvgIpc) is 1.84. The Morgan fingerprint density at radius 1 is 0.714 bits per heavy atom. The van der Waals surface area contributed by atoms with Crippen molar-refractivity contribution in [3.63, 3.8) is 0 Å². The summed E-state index contributed by atoms with van der Waals surface area (Å²) < 4.78 is 102. The van der Waals surface area contributed by atoms with E-state index in [4.69, 9.17) is 0 Å². The van der Waals surface area contributed by atoms with E-state index in [1.807, 2.05) is 0 Å². The fourth-order valence-corrected chi connectivity index (χ4v) is 0.297. The molecule has 0 aliphatic carbocycles. The molecule has 0 saturated heterocycles. The molecule has 0 nitrogen and oxygen atoms in total. The number of hydrogen-bond donors (Lipinski definition) is 0. The molecule has 0 heterocycles. The zero-order valence-electron chi connectivity index (χ0n) is 6.11. The first-order valence-corrected chi connectivity index (χ1v) is 2.45. The maximum absolute atomic E-state index is 11.6. The third-order valence-corrected chi connectivity index (χ3v) is 0.988. The molecule has 0 amide bonds. The molecule has 0 aromatic rings. The Bertz CT molecular complexity index is 182. The zero-order chi connectivity index (χ0) is 11.1. The summed E-state index contributed by atoms with van der Waals surface area (Å²) in [6.45, 7) is 0. The molecule has 10 heteroatoms. The third kappa shape index (κ3) is 1.82. The molecule has 0 unspecified atom stereocenters. The van der Waals surface area contributed by atoms with Gasteiger partial charge in [0.25, 0.3) is 5.92 Å². The van der Waals surface area contributed by atoms with E-state index in [1.54, 1.807) is 0 Å². The average molecular weight is 488 g/mol. The molecule has 0 aliphatic rings. The molecular formula is C4F9Sg-. The van der Waals surface area contributed by atoms with Gasteiger partial charge in [0.1, 0.15) is 0 Å². The monoisotopic (exact) mass is 490 g/mol. The van der Waals surface area contributed by atoms with Gasteiger partial charge in [-0.25, -0.2) is 8.78 Å². The zero-order valence-corrected chi connectivity index (χ0v) is 12.6. The molecule has 0 aromatic carbocycles. The van der Waals surface area contributed by atoms with E-state index in [0.29, 0.717) is 0 Å². The summed E-state index contributed by atoms with van der Waals surface area (Å²) >= 11 is 0. The van der Waals surface area contributed by atoms with Crippen molar-refractivity contribution < 1.29 is 39.5 Å². The van der Waals surface area contributed by atoms with E-state index in [0.717, 1.165) is 0 Å². The van der Waals surface area contributed by atoms with Crippen molar-refractivity contribution in [2.75, 3.05) is 0 Å². The van der Waals surface area contributed by atoms with Crippen molar-refractivity contribution in [1.29, 1.82) is 0 Å². The summed E-state index contributed by atoms with van der Waals surface area (Å²) in [5, 5.41) is 0. The normalized spacial score (nSPS) is 14.1. The Balaban J connectivity index is 0. The summed E-state index contributed by atoms with van der Waals surface area (Å²) in [5.74, 6) is -13.3. The van der Waals surface area contributed by atoms with Gasteiger partial charge < -0.3 is 8.78 Å². The number of rotatable bonds is 2. The minimum atomic E-state index is -6.77. The molecule has 0 bridgehead atoms. The van der Waals surface area contributed by atoms with Crippen molar-refractivity contribution >= 4 is 0 Å². The molecule has 0 saturated carbocycles. The largest absolute Gasteiger partial charge is 0.456 e. The quantitative estimate of drug-likeness (QED) is 0.414. The van der Waals surface area contributed by atoms with Crippen molar-refractivity contribution in [2.24, 2.45) is 0 Å². The van der Waals surface area contributed by atoms with E-state index in [-0.39, 0.29) is 0 Å². The maximum Gasteiger partial charge on any atom is 0.456 e. The van der Waals surface area contributed by atoms with E-state index in [1.165, 1.54) is 0 Å². The SMILES string of the molecule is F[C-](F)C(F)(F)C(F)(F)C(F)(F)F.[Sg]. The van der Waals surface area contributed by atoms with Crippen LogP contribution < -0.4 is 0 Å². The topological polar surface area (TPSA) is 0 Å². The molecule has 82 valence electrons. The Hall–Kier alpha value is -1.63. The predicted molar refractivity (Wildman–Crippen MR) is 21.4 cm³/mol. The molecule has 14 heavy (non-hydrogen) atoms. The van der Waals surface area contributed by atoms with Gasteiger partial charge in [-0.3, -0.25) is 0 Å². The minimum absolute atomic E-state index is 0. The second-order valence-electron chi connectivity index (χ2n) is 1.91. The van der Waals surface area contributed by atoms with Gasteiger partial charge >= 0.3 is 12.1 Å². The first-order valence-electron chi connectivity index (χ1n) is 2.45. The second kappa shape index (κ2) is 3.26. The number of hydrogen-bond acceptors (Lipinski definition) is 0. The Labute approximate surface area is 65.3 Å². The molecule has 0 spiro atoms. The summed E-state index contributed by atoms with van der Waals surface area (Å²) in [7, 11) is 0. The van der Waals surface area contributed by atoms with Gasteiger partial charge in [-0.2, -0.15) is 22.0 Å². The van der Waals surface area contributed by atoms with Gasteiger partial charge in [-0.05, 0) is 0 Å². The van der Waals surface area contributed by atoms with Gasteiger partial charge in [0.05, 0.1) is 6.43 Å². The summed E-state index contributed by atoms with van der Waals surface area (Å²) in [6.07, 6.45) is -11.0. The Morgan fingerprint density at radius 3 is 1.07 bits per heavy atom. The number of halogens is 9. The van der Waals surface area contributed by atoms with Gasteiger partial charge in [0.15, 0.2) is 0 Å². The smallest absolute Gasteiger partial charge is 0.415 e. The van der Waals surface area contributed by atoms with Crippen LogP contribution in [0.4, 0.5) is 39.5 Å². The molecule has 0 atom stereocenters. The van der Waals surface area contributed by atoms with Crippen LogP contribution in [0.1, 0.15) is 0 Å². The molecular weight excluding hydrogens is 488 g/mol. The summed E-state index contributed by atoms with van der Waals surface area (Å²) in [5.41, 5.74) is 0. The van der Waals surface area contributed by atoms with Crippen LogP contribution in [-0.2, 0) is 0 Å². The molecule has 0 radical (unpaired) electrons. The van der Waals surface area contributed by atoms with E-state index in [2.05, 4.69) is 0 Å². The van der Waals surface area contributed by atoms with Crippen LogP contribution in [0.5, 0.6) is 0 Å². The molecule has 0 N–H and O–H groups in total. The van der Waals surface area contributed by atoms with Gasteiger partial charge in [0.2, 0.25) is 0 Å². The Morgan fingerprint density at radius 2 is 1.00 bits per heavy atom. The first kappa shape index (κ1) is 14.9. The van der Waals surface area contributed by atoms with E-state index < -0.39 is 24.4 Å². The van der Waals surface area contributed by atoms with Crippen LogP contribution in [0.3, 0.4) is 0 Å².